The molecular formula is C28H38O5S. The third kappa shape index (κ3) is 3.71. The Hall–Kier alpha value is -1.53. The number of fused-ring (bicyclic) bond motifs is 5. The van der Waals surface area contributed by atoms with Crippen molar-refractivity contribution in [3.05, 3.63) is 29.8 Å². The molecule has 8 atom stereocenters. The maximum Gasteiger partial charge on any atom is 0.297 e. The number of benzene rings is 1. The quantitative estimate of drug-likeness (QED) is 0.526. The Morgan fingerprint density at radius 3 is 2.38 bits per heavy atom. The number of ketones is 2. The maximum atomic E-state index is 13.7. The monoisotopic (exact) mass is 486 g/mol. The Morgan fingerprint density at radius 2 is 1.71 bits per heavy atom. The summed E-state index contributed by atoms with van der Waals surface area (Å²) < 4.78 is 31.5. The minimum absolute atomic E-state index is 0.0176. The molecule has 5 rings (SSSR count). The third-order valence-corrected chi connectivity index (χ3v) is 11.7. The minimum atomic E-state index is -3.80. The first kappa shape index (κ1) is 24.2. The van der Waals surface area contributed by atoms with Crippen LogP contribution in [0, 0.1) is 47.3 Å². The highest BCUT2D eigenvalue weighted by molar-refractivity contribution is 7.86. The second-order valence-electron chi connectivity index (χ2n) is 12.2. The third-order valence-electron chi connectivity index (χ3n) is 10.4. The molecule has 1 aromatic rings. The fraction of sp³-hybridized carbons (Fsp3) is 0.714. The molecule has 6 heteroatoms. The zero-order valence-corrected chi connectivity index (χ0v) is 21.7. The Morgan fingerprint density at radius 1 is 1.00 bits per heavy atom. The van der Waals surface area contributed by atoms with Crippen LogP contribution in [0.4, 0.5) is 0 Å². The summed E-state index contributed by atoms with van der Waals surface area (Å²) in [6.07, 6.45) is 6.33. The molecule has 186 valence electrons. The lowest BCUT2D eigenvalue weighted by Crippen LogP contribution is -2.58. The molecule has 0 spiro atoms. The van der Waals surface area contributed by atoms with Gasteiger partial charge in [-0.2, -0.15) is 8.42 Å². The van der Waals surface area contributed by atoms with E-state index in [9.17, 15) is 18.0 Å². The van der Waals surface area contributed by atoms with E-state index in [0.29, 0.717) is 42.8 Å². The van der Waals surface area contributed by atoms with Crippen LogP contribution in [0.15, 0.2) is 29.2 Å². The van der Waals surface area contributed by atoms with Crippen LogP contribution in [-0.2, 0) is 23.9 Å². The highest BCUT2D eigenvalue weighted by Crippen LogP contribution is 2.66. The molecule has 0 aliphatic heterocycles. The summed E-state index contributed by atoms with van der Waals surface area (Å²) in [5.41, 5.74) is 0.716. The minimum Gasteiger partial charge on any atom is -0.300 e. The van der Waals surface area contributed by atoms with Gasteiger partial charge in [0.15, 0.2) is 0 Å². The van der Waals surface area contributed by atoms with Gasteiger partial charge in [-0.3, -0.25) is 13.8 Å². The zero-order chi connectivity index (χ0) is 24.5. The van der Waals surface area contributed by atoms with E-state index >= 15 is 0 Å². The van der Waals surface area contributed by atoms with Gasteiger partial charge >= 0.3 is 0 Å². The number of carbonyl (C=O) groups excluding carboxylic acids is 2. The Labute approximate surface area is 204 Å². The molecule has 4 aliphatic carbocycles. The number of Topliss-reactive ketones (excluding diaryl/α,β-unsaturated/α-hetero) is 2. The number of hydrogen-bond donors (Lipinski definition) is 0. The first-order chi connectivity index (χ1) is 16.0. The highest BCUT2D eigenvalue weighted by atomic mass is 32.2. The van der Waals surface area contributed by atoms with Crippen LogP contribution in [0.2, 0.25) is 0 Å². The molecule has 4 fully saturated rings. The average Bonchev–Trinajstić information content (AvgIpc) is 3.10. The van der Waals surface area contributed by atoms with Gasteiger partial charge in [0.05, 0.1) is 11.0 Å². The van der Waals surface area contributed by atoms with Gasteiger partial charge in [-0.25, -0.2) is 0 Å². The van der Waals surface area contributed by atoms with Gasteiger partial charge in [0.1, 0.15) is 11.6 Å². The van der Waals surface area contributed by atoms with Crippen molar-refractivity contribution in [1.82, 2.24) is 0 Å². The molecule has 0 saturated heterocycles. The molecule has 5 nitrogen and oxygen atoms in total. The van der Waals surface area contributed by atoms with Gasteiger partial charge in [-0.15, -0.1) is 0 Å². The van der Waals surface area contributed by atoms with Crippen molar-refractivity contribution in [1.29, 1.82) is 0 Å². The van der Waals surface area contributed by atoms with Gasteiger partial charge in [0.2, 0.25) is 0 Å². The summed E-state index contributed by atoms with van der Waals surface area (Å²) in [5.74, 6) is 1.72. The summed E-state index contributed by atoms with van der Waals surface area (Å²) in [6.45, 7) is 8.09. The van der Waals surface area contributed by atoms with Crippen LogP contribution in [0.3, 0.4) is 0 Å². The molecule has 34 heavy (non-hydrogen) atoms. The Bertz CT molecular complexity index is 1090. The van der Waals surface area contributed by atoms with E-state index in [4.69, 9.17) is 4.18 Å². The Kier molecular flexibility index (Phi) is 5.87. The molecule has 0 bridgehead atoms. The van der Waals surface area contributed by atoms with E-state index in [0.717, 1.165) is 37.7 Å². The molecule has 0 aromatic heterocycles. The predicted octanol–water partition coefficient (Wildman–Crippen LogP) is 5.50. The zero-order valence-electron chi connectivity index (χ0n) is 20.9. The fourth-order valence-corrected chi connectivity index (χ4v) is 9.84. The molecular weight excluding hydrogens is 448 g/mol. The average molecular weight is 487 g/mol. The van der Waals surface area contributed by atoms with Crippen LogP contribution < -0.4 is 0 Å². The first-order valence-electron chi connectivity index (χ1n) is 13.0. The number of aryl methyl sites for hydroxylation is 1. The summed E-state index contributed by atoms with van der Waals surface area (Å²) in [6, 6.07) is 6.79. The molecule has 4 saturated carbocycles. The van der Waals surface area contributed by atoms with E-state index in [1.54, 1.807) is 31.2 Å². The summed E-state index contributed by atoms with van der Waals surface area (Å²) in [4.78, 5) is 26.3. The lowest BCUT2D eigenvalue weighted by molar-refractivity contribution is -0.161. The molecule has 0 amide bonds. The van der Waals surface area contributed by atoms with E-state index in [-0.39, 0.29) is 39.4 Å². The topological polar surface area (TPSA) is 77.5 Å². The highest BCUT2D eigenvalue weighted by Gasteiger charge is 2.63. The fourth-order valence-electron chi connectivity index (χ4n) is 8.73. The lowest BCUT2D eigenvalue weighted by Gasteiger charge is -2.59. The van der Waals surface area contributed by atoms with Crippen molar-refractivity contribution in [3.8, 4) is 0 Å². The van der Waals surface area contributed by atoms with Crippen molar-refractivity contribution in [2.45, 2.75) is 90.1 Å². The summed E-state index contributed by atoms with van der Waals surface area (Å²) in [5, 5.41) is 0. The maximum absolute atomic E-state index is 13.7. The molecule has 1 aromatic carbocycles. The molecule has 4 aliphatic rings. The van der Waals surface area contributed by atoms with Gasteiger partial charge < -0.3 is 0 Å². The summed E-state index contributed by atoms with van der Waals surface area (Å²) >= 11 is 0. The smallest absolute Gasteiger partial charge is 0.297 e. The normalized spacial score (nSPS) is 41.9. The van der Waals surface area contributed by atoms with Gasteiger partial charge in [0.25, 0.3) is 10.1 Å². The van der Waals surface area contributed by atoms with Gasteiger partial charge in [0, 0.05) is 18.3 Å². The van der Waals surface area contributed by atoms with E-state index in [1.807, 2.05) is 6.92 Å². The van der Waals surface area contributed by atoms with Crippen LogP contribution in [0.5, 0.6) is 0 Å². The Balaban J connectivity index is 1.34. The lowest BCUT2D eigenvalue weighted by atomic mass is 9.44. The van der Waals surface area contributed by atoms with Gasteiger partial charge in [-0.1, -0.05) is 31.5 Å². The molecule has 0 N–H and O–H groups in total. The van der Waals surface area contributed by atoms with Crippen molar-refractivity contribution in [3.63, 3.8) is 0 Å². The molecule has 0 radical (unpaired) electrons. The SMILES string of the molecule is CC(=O)[C@H]1CC[C@H]2[C@@H]3CC[C@H]4C[C@H](OS(=O)(=O)c5ccc(C)cc5)CC[C@]4(C)[C@H]3C(=O)C[C@]12C. The van der Waals surface area contributed by atoms with Crippen LogP contribution in [0.1, 0.15) is 77.7 Å². The first-order valence-corrected chi connectivity index (χ1v) is 14.4. The number of rotatable bonds is 4. The van der Waals surface area contributed by atoms with E-state index in [1.165, 1.54) is 0 Å². The van der Waals surface area contributed by atoms with Gasteiger partial charge in [-0.05, 0) is 99.5 Å². The molecule has 0 heterocycles. The van der Waals surface area contributed by atoms with E-state index in [2.05, 4.69) is 13.8 Å². The standard InChI is InChI=1S/C28H38O5S/c1-17-5-8-21(9-6-17)34(31,32)33-20-13-14-27(3)19(15-20)7-10-22-24-12-11-23(18(2)29)28(24,4)16-25(30)26(22)27/h5-6,8-9,19-20,22-24,26H,7,10-16H2,1-4H3/t19-,20+,22-,23+,24-,26+,27-,28+/m0/s1. The number of carbonyl (C=O) groups is 2. The second kappa shape index (κ2) is 8.26. The molecule has 0 unspecified atom stereocenters. The van der Waals surface area contributed by atoms with Crippen LogP contribution in [0.25, 0.3) is 0 Å². The van der Waals surface area contributed by atoms with Crippen LogP contribution >= 0.6 is 0 Å². The van der Waals surface area contributed by atoms with Crippen LogP contribution in [-0.4, -0.2) is 26.1 Å². The summed E-state index contributed by atoms with van der Waals surface area (Å²) in [7, 11) is -3.80. The predicted molar refractivity (Wildman–Crippen MR) is 130 cm³/mol. The van der Waals surface area contributed by atoms with Crippen molar-refractivity contribution < 1.29 is 22.2 Å². The largest absolute Gasteiger partial charge is 0.300 e. The van der Waals surface area contributed by atoms with Crippen molar-refractivity contribution in [2.75, 3.05) is 0 Å². The second-order valence-corrected chi connectivity index (χ2v) is 13.7. The van der Waals surface area contributed by atoms with E-state index < -0.39 is 10.1 Å². The number of hydrogen-bond acceptors (Lipinski definition) is 5. The van der Waals surface area contributed by atoms with Crippen molar-refractivity contribution >= 4 is 21.7 Å². The van der Waals surface area contributed by atoms with Crippen molar-refractivity contribution in [2.24, 2.45) is 40.4 Å².